The van der Waals surface area contributed by atoms with Crippen LogP contribution in [0.3, 0.4) is 0 Å². The zero-order valence-electron chi connectivity index (χ0n) is 16.6. The summed E-state index contributed by atoms with van der Waals surface area (Å²) in [6.45, 7) is 1.58. The number of aliphatic hydroxyl groups is 1. The van der Waals surface area contributed by atoms with E-state index < -0.39 is 52.4 Å². The van der Waals surface area contributed by atoms with Crippen molar-refractivity contribution in [1.29, 1.82) is 0 Å². The van der Waals surface area contributed by atoms with E-state index in [0.717, 1.165) is 12.3 Å². The van der Waals surface area contributed by atoms with Crippen LogP contribution in [0.4, 0.5) is 23.2 Å². The first-order valence-corrected chi connectivity index (χ1v) is 10.1. The summed E-state index contributed by atoms with van der Waals surface area (Å²) in [6, 6.07) is 4.88. The van der Waals surface area contributed by atoms with E-state index in [1.807, 2.05) is 0 Å². The molecule has 1 aromatic heterocycles. The molecule has 0 saturated heterocycles. The Morgan fingerprint density at radius 1 is 1.28 bits per heavy atom. The number of hydrogen-bond acceptors (Lipinski definition) is 5. The maximum absolute atomic E-state index is 14.3. The molecule has 5 nitrogen and oxygen atoms in total. The van der Waals surface area contributed by atoms with Crippen LogP contribution in [0.25, 0.3) is 10.8 Å². The molecule has 1 unspecified atom stereocenters. The second-order valence-corrected chi connectivity index (χ2v) is 8.21. The third kappa shape index (κ3) is 3.31. The summed E-state index contributed by atoms with van der Waals surface area (Å²) in [6.07, 6.45) is -4.66. The molecule has 0 aliphatic heterocycles. The van der Waals surface area contributed by atoms with Gasteiger partial charge in [0.1, 0.15) is 0 Å². The largest absolute Gasteiger partial charge is 0.505 e. The summed E-state index contributed by atoms with van der Waals surface area (Å²) >= 11 is 5.85. The van der Waals surface area contributed by atoms with Gasteiger partial charge >= 0.3 is 11.8 Å². The minimum Gasteiger partial charge on any atom is -0.505 e. The lowest BCUT2D eigenvalue weighted by Crippen LogP contribution is -2.55. The van der Waals surface area contributed by atoms with Crippen molar-refractivity contribution in [2.75, 3.05) is 5.32 Å². The predicted molar refractivity (Wildman–Crippen MR) is 111 cm³/mol. The summed E-state index contributed by atoms with van der Waals surface area (Å²) in [4.78, 5) is 12.0. The zero-order valence-corrected chi connectivity index (χ0v) is 17.4. The lowest BCUT2D eigenvalue weighted by molar-refractivity contribution is -0.272. The molecule has 0 fully saturated rings. The molecule has 3 N–H and O–H groups in total. The number of halogens is 5. The van der Waals surface area contributed by atoms with E-state index in [2.05, 4.69) is 5.32 Å². The molecule has 32 heavy (non-hydrogen) atoms. The first-order valence-electron chi connectivity index (χ1n) is 9.76. The second kappa shape index (κ2) is 7.67. The minimum absolute atomic E-state index is 0.0411. The zero-order chi connectivity index (χ0) is 23.4. The molecule has 0 radical (unpaired) electrons. The number of fused-ring (bicyclic) bond motifs is 2. The van der Waals surface area contributed by atoms with Crippen molar-refractivity contribution in [3.05, 3.63) is 69.0 Å². The van der Waals surface area contributed by atoms with E-state index in [1.54, 1.807) is 6.92 Å². The maximum Gasteiger partial charge on any atom is 0.419 e. The minimum atomic E-state index is -5.07. The van der Waals surface area contributed by atoms with Crippen LogP contribution in [-0.4, -0.2) is 22.0 Å². The number of phenols is 1. The summed E-state index contributed by atoms with van der Waals surface area (Å²) in [5, 5.41) is 23.8. The van der Waals surface area contributed by atoms with Crippen LogP contribution >= 0.6 is 11.6 Å². The SMILES string of the molecule is CC[C@@H]1CC(O)(C(F)(F)F)[C@@H](Nc2cccc3c(=O)occc23)c2cc(Cl)c(F)c(O)c21. The van der Waals surface area contributed by atoms with Gasteiger partial charge in [-0.25, -0.2) is 9.18 Å². The molecule has 170 valence electrons. The van der Waals surface area contributed by atoms with E-state index in [1.165, 1.54) is 24.3 Å². The fourth-order valence-electron chi connectivity index (χ4n) is 4.42. The van der Waals surface area contributed by atoms with Crippen LogP contribution in [0.1, 0.15) is 42.9 Å². The smallest absolute Gasteiger partial charge is 0.419 e. The van der Waals surface area contributed by atoms with Crippen LogP contribution < -0.4 is 10.9 Å². The Labute approximate surface area is 184 Å². The van der Waals surface area contributed by atoms with Crippen molar-refractivity contribution in [3.8, 4) is 5.75 Å². The third-order valence-corrected chi connectivity index (χ3v) is 6.31. The Balaban J connectivity index is 1.98. The van der Waals surface area contributed by atoms with E-state index >= 15 is 0 Å². The van der Waals surface area contributed by atoms with Gasteiger partial charge in [0, 0.05) is 16.6 Å². The highest BCUT2D eigenvalue weighted by atomic mass is 35.5. The molecule has 1 aliphatic carbocycles. The molecule has 0 spiro atoms. The number of alkyl halides is 3. The van der Waals surface area contributed by atoms with Gasteiger partial charge in [0.25, 0.3) is 0 Å². The normalized spacial score (nSPS) is 23.2. The highest BCUT2D eigenvalue weighted by Gasteiger charge is 2.62. The summed E-state index contributed by atoms with van der Waals surface area (Å²) in [7, 11) is 0. The molecule has 3 atom stereocenters. The molecule has 1 heterocycles. The molecule has 2 aromatic carbocycles. The van der Waals surface area contributed by atoms with E-state index in [9.17, 15) is 32.6 Å². The maximum atomic E-state index is 14.3. The van der Waals surface area contributed by atoms with Gasteiger partial charge in [0.2, 0.25) is 0 Å². The molecule has 4 rings (SSSR count). The number of phenolic OH excluding ortho intramolecular Hbond substituents is 1. The Kier molecular flexibility index (Phi) is 5.37. The molecule has 10 heteroatoms. The quantitative estimate of drug-likeness (QED) is 0.431. The number of benzene rings is 2. The van der Waals surface area contributed by atoms with Gasteiger partial charge in [-0.2, -0.15) is 13.2 Å². The average Bonchev–Trinajstić information content (AvgIpc) is 2.73. The van der Waals surface area contributed by atoms with Crippen molar-refractivity contribution >= 4 is 28.1 Å². The number of rotatable bonds is 3. The highest BCUT2D eigenvalue weighted by Crippen LogP contribution is 2.56. The molecule has 0 saturated carbocycles. The lowest BCUT2D eigenvalue weighted by atomic mass is 9.69. The van der Waals surface area contributed by atoms with Crippen LogP contribution in [0.2, 0.25) is 5.02 Å². The van der Waals surface area contributed by atoms with Gasteiger partial charge in [0.05, 0.1) is 22.7 Å². The van der Waals surface area contributed by atoms with Crippen molar-refractivity contribution in [3.63, 3.8) is 0 Å². The monoisotopic (exact) mass is 471 g/mol. The first-order chi connectivity index (χ1) is 15.0. The van der Waals surface area contributed by atoms with Gasteiger partial charge in [0.15, 0.2) is 17.2 Å². The number of nitrogens with one attached hydrogen (secondary N) is 1. The van der Waals surface area contributed by atoms with Gasteiger partial charge < -0.3 is 19.9 Å². The first kappa shape index (κ1) is 22.4. The van der Waals surface area contributed by atoms with Crippen LogP contribution in [0, 0.1) is 5.82 Å². The van der Waals surface area contributed by atoms with Gasteiger partial charge in [-0.15, -0.1) is 0 Å². The van der Waals surface area contributed by atoms with E-state index in [4.69, 9.17) is 16.0 Å². The Morgan fingerprint density at radius 2 is 2.00 bits per heavy atom. The van der Waals surface area contributed by atoms with Crippen LogP contribution in [0.15, 0.2) is 45.8 Å². The standard InChI is InChI=1S/C22H18ClF4NO4/c1-2-10-9-21(31,22(25,26)27)19(13-8-14(23)17(24)18(29)16(10)13)28-15-5-3-4-12-11(15)6-7-32-20(12)30/h3-8,10,19,28-29,31H,2,9H2,1H3/t10-,19+,21?/m1/s1. The predicted octanol–water partition coefficient (Wildman–Crippen LogP) is 5.64. The van der Waals surface area contributed by atoms with Crippen molar-refractivity contribution in [2.24, 2.45) is 0 Å². The fraction of sp³-hybridized carbons (Fsp3) is 0.318. The molecule has 0 amide bonds. The Hall–Kier alpha value is -2.78. The summed E-state index contributed by atoms with van der Waals surface area (Å²) < 4.78 is 61.8. The number of anilines is 1. The number of hydrogen-bond donors (Lipinski definition) is 3. The van der Waals surface area contributed by atoms with Crippen molar-refractivity contribution in [2.45, 2.75) is 43.5 Å². The van der Waals surface area contributed by atoms with Crippen LogP contribution in [-0.2, 0) is 0 Å². The van der Waals surface area contributed by atoms with Crippen molar-refractivity contribution in [1.82, 2.24) is 0 Å². The summed E-state index contributed by atoms with van der Waals surface area (Å²) in [5.41, 5.74) is -4.05. The lowest BCUT2D eigenvalue weighted by Gasteiger charge is -2.46. The number of aromatic hydroxyl groups is 1. The topological polar surface area (TPSA) is 82.7 Å². The molecular formula is C22H18ClF4NO4. The Bertz CT molecular complexity index is 1260. The fourth-order valence-corrected chi connectivity index (χ4v) is 4.63. The van der Waals surface area contributed by atoms with Crippen molar-refractivity contribution < 1.29 is 32.2 Å². The second-order valence-electron chi connectivity index (χ2n) is 7.81. The Morgan fingerprint density at radius 3 is 2.66 bits per heavy atom. The van der Waals surface area contributed by atoms with Crippen LogP contribution in [0.5, 0.6) is 5.75 Å². The van der Waals surface area contributed by atoms with E-state index in [0.29, 0.717) is 0 Å². The van der Waals surface area contributed by atoms with Gasteiger partial charge in [-0.3, -0.25) is 0 Å². The molecule has 0 bridgehead atoms. The summed E-state index contributed by atoms with van der Waals surface area (Å²) in [5.74, 6) is -2.95. The highest BCUT2D eigenvalue weighted by molar-refractivity contribution is 6.31. The molecule has 3 aromatic rings. The van der Waals surface area contributed by atoms with E-state index in [-0.39, 0.29) is 34.0 Å². The average molecular weight is 472 g/mol. The molecule has 1 aliphatic rings. The van der Waals surface area contributed by atoms with Gasteiger partial charge in [-0.05, 0) is 48.6 Å². The molecular weight excluding hydrogens is 454 g/mol. The van der Waals surface area contributed by atoms with Gasteiger partial charge in [-0.1, -0.05) is 24.6 Å². The third-order valence-electron chi connectivity index (χ3n) is 6.04.